The zero-order valence-electron chi connectivity index (χ0n) is 26.8. The van der Waals surface area contributed by atoms with Gasteiger partial charge in [-0.2, -0.15) is 8.78 Å². The van der Waals surface area contributed by atoms with Gasteiger partial charge in [0.15, 0.2) is 5.82 Å². The van der Waals surface area contributed by atoms with Crippen LogP contribution in [-0.4, -0.2) is 44.0 Å². The van der Waals surface area contributed by atoms with E-state index in [-0.39, 0.29) is 24.2 Å². The summed E-state index contributed by atoms with van der Waals surface area (Å²) in [5.41, 5.74) is -1.68. The summed E-state index contributed by atoms with van der Waals surface area (Å²) in [5.74, 6) is 1.66. The molecular weight excluding hydrogens is 810 g/mol. The number of halogens is 5. The van der Waals surface area contributed by atoms with Crippen LogP contribution in [0.4, 0.5) is 19.6 Å². The van der Waals surface area contributed by atoms with Crippen LogP contribution in [0.25, 0.3) is 22.0 Å². The van der Waals surface area contributed by atoms with E-state index in [1.807, 2.05) is 53.4 Å². The van der Waals surface area contributed by atoms with E-state index in [0.717, 1.165) is 11.1 Å². The zero-order chi connectivity index (χ0) is 36.2. The van der Waals surface area contributed by atoms with E-state index >= 15 is 8.78 Å². The number of alkyl halides is 2. The Morgan fingerprint density at radius 3 is 2.24 bits per heavy atom. The molecule has 0 unspecified atom stereocenters. The van der Waals surface area contributed by atoms with Crippen molar-refractivity contribution < 1.29 is 27.1 Å². The molecule has 0 amide bonds. The molecule has 18 heteroatoms. The van der Waals surface area contributed by atoms with Crippen LogP contribution in [0.3, 0.4) is 0 Å². The number of H-pyrrole nitrogens is 1. The lowest BCUT2D eigenvalue weighted by Gasteiger charge is -2.27. The summed E-state index contributed by atoms with van der Waals surface area (Å²) in [7, 11) is -4.82. The molecule has 0 aliphatic heterocycles. The predicted molar refractivity (Wildman–Crippen MR) is 196 cm³/mol. The van der Waals surface area contributed by atoms with Crippen molar-refractivity contribution in [2.45, 2.75) is 26.1 Å². The second-order valence-electron chi connectivity index (χ2n) is 10.7. The van der Waals surface area contributed by atoms with Crippen molar-refractivity contribution in [1.82, 2.24) is 30.8 Å². The van der Waals surface area contributed by atoms with E-state index in [1.54, 1.807) is 18.2 Å². The molecule has 0 aliphatic carbocycles. The smallest absolute Gasteiger partial charge is 0.404 e. The minimum absolute atomic E-state index is 0.0246. The molecule has 51 heavy (non-hydrogen) atoms. The van der Waals surface area contributed by atoms with Gasteiger partial charge in [-0.05, 0) is 78.4 Å². The molecular formula is C33H27BrCl2F2N7O4PS. The van der Waals surface area contributed by atoms with Gasteiger partial charge in [0.1, 0.15) is 16.5 Å². The molecule has 2 aromatic heterocycles. The Bertz CT molecular complexity index is 2190. The summed E-state index contributed by atoms with van der Waals surface area (Å²) in [4.78, 5) is 1.83. The number of nitrogens with one attached hydrogen (secondary N) is 1. The van der Waals surface area contributed by atoms with E-state index in [1.165, 1.54) is 43.4 Å². The van der Waals surface area contributed by atoms with Gasteiger partial charge in [-0.1, -0.05) is 86.9 Å². The van der Waals surface area contributed by atoms with Crippen molar-refractivity contribution in [2.75, 3.05) is 18.1 Å². The molecule has 11 nitrogen and oxygen atoms in total. The predicted octanol–water partition coefficient (Wildman–Crippen LogP) is 10.9. The van der Waals surface area contributed by atoms with Crippen molar-refractivity contribution in [3.8, 4) is 33.5 Å². The largest absolute Gasteiger partial charge is 0.457 e. The van der Waals surface area contributed by atoms with Crippen LogP contribution in [-0.2, 0) is 25.8 Å². The molecule has 1 N–H and O–H groups in total. The Hall–Kier alpha value is -3.82. The summed E-state index contributed by atoms with van der Waals surface area (Å²) in [6.45, 7) is 2.70. The van der Waals surface area contributed by atoms with E-state index in [4.69, 9.17) is 37.0 Å². The molecule has 6 rings (SSSR count). The molecule has 2 heterocycles. The first-order valence-electron chi connectivity index (χ1n) is 15.3. The van der Waals surface area contributed by atoms with Crippen molar-refractivity contribution in [3.05, 3.63) is 111 Å². The number of ether oxygens (including phenoxy) is 1. The van der Waals surface area contributed by atoms with Gasteiger partial charge in [-0.25, -0.2) is 5.10 Å². The van der Waals surface area contributed by atoms with Gasteiger partial charge >= 0.3 is 13.3 Å². The third-order valence-electron chi connectivity index (χ3n) is 7.27. The lowest BCUT2D eigenvalue weighted by atomic mass is 10.1. The fourth-order valence-corrected chi connectivity index (χ4v) is 8.50. The number of hydrogen-bond donors (Lipinski definition) is 1. The van der Waals surface area contributed by atoms with Crippen LogP contribution in [0.5, 0.6) is 11.5 Å². The monoisotopic (exact) mass is 835 g/mol. The SMILES string of the molecule is CCOP(=O)(OCC)C(F)(F)c1ccc(CN(c2ccc(Cl)c(Cl)c2)c2nnc(-c3cccc(Oc4cccc(-c5nnn[nH]5)c4)c3)s2)cc1Br. The molecule has 0 saturated carbocycles. The van der Waals surface area contributed by atoms with Crippen molar-refractivity contribution in [3.63, 3.8) is 0 Å². The highest BCUT2D eigenvalue weighted by atomic mass is 79.9. The Balaban J connectivity index is 1.29. The molecule has 0 bridgehead atoms. The average Bonchev–Trinajstić information content (AvgIpc) is 3.83. The van der Waals surface area contributed by atoms with Gasteiger partial charge in [0.2, 0.25) is 5.13 Å². The van der Waals surface area contributed by atoms with Crippen LogP contribution in [0.15, 0.2) is 89.4 Å². The van der Waals surface area contributed by atoms with Gasteiger partial charge < -0.3 is 18.7 Å². The molecule has 6 aromatic rings. The number of anilines is 2. The Morgan fingerprint density at radius 2 is 1.59 bits per heavy atom. The number of rotatable bonds is 14. The second-order valence-corrected chi connectivity index (χ2v) is 15.4. The number of nitrogens with zero attached hydrogens (tertiary/aromatic N) is 6. The number of aromatic amines is 1. The fraction of sp³-hybridized carbons (Fsp3) is 0.182. The normalized spacial score (nSPS) is 11.9. The maximum Gasteiger partial charge on any atom is 0.404 e. The third-order valence-corrected chi connectivity index (χ3v) is 11.8. The van der Waals surface area contributed by atoms with Crippen molar-refractivity contribution in [2.24, 2.45) is 0 Å². The van der Waals surface area contributed by atoms with Gasteiger partial charge in [0.05, 0.1) is 29.8 Å². The van der Waals surface area contributed by atoms with E-state index in [2.05, 4.69) is 46.8 Å². The van der Waals surface area contributed by atoms with Crippen LogP contribution >= 0.6 is 58.1 Å². The number of hydrogen-bond acceptors (Lipinski definition) is 11. The van der Waals surface area contributed by atoms with Gasteiger partial charge in [0.25, 0.3) is 0 Å². The highest BCUT2D eigenvalue weighted by molar-refractivity contribution is 9.10. The molecule has 0 atom stereocenters. The molecule has 0 fully saturated rings. The minimum Gasteiger partial charge on any atom is -0.457 e. The molecule has 0 spiro atoms. The first-order chi connectivity index (χ1) is 24.5. The fourth-order valence-electron chi connectivity index (χ4n) is 4.95. The number of benzene rings is 4. The summed E-state index contributed by atoms with van der Waals surface area (Å²) >= 11 is 17.2. The van der Waals surface area contributed by atoms with E-state index < -0.39 is 18.8 Å². The van der Waals surface area contributed by atoms with E-state index in [9.17, 15) is 4.57 Å². The summed E-state index contributed by atoms with van der Waals surface area (Å²) in [5, 5.41) is 24.6. The minimum atomic E-state index is -4.82. The lowest BCUT2D eigenvalue weighted by molar-refractivity contribution is 0.0354. The summed E-state index contributed by atoms with van der Waals surface area (Å²) < 4.78 is 60.4. The Kier molecular flexibility index (Phi) is 11.5. The van der Waals surface area contributed by atoms with Crippen LogP contribution in [0, 0.1) is 0 Å². The van der Waals surface area contributed by atoms with Crippen LogP contribution in [0.1, 0.15) is 25.0 Å². The first-order valence-corrected chi connectivity index (χ1v) is 19.2. The molecule has 264 valence electrons. The van der Waals surface area contributed by atoms with E-state index in [0.29, 0.717) is 48.8 Å². The molecule has 4 aromatic carbocycles. The quantitative estimate of drug-likeness (QED) is 0.106. The van der Waals surface area contributed by atoms with Crippen molar-refractivity contribution in [1.29, 1.82) is 0 Å². The molecule has 0 saturated heterocycles. The van der Waals surface area contributed by atoms with Gasteiger partial charge in [-0.3, -0.25) is 4.57 Å². The third kappa shape index (κ3) is 8.15. The highest BCUT2D eigenvalue weighted by Gasteiger charge is 2.55. The Morgan fingerprint density at radius 1 is 0.882 bits per heavy atom. The standard InChI is InChI=1S/C33H27BrCl2F2N7O4PS/c1-3-47-50(46,48-4-2)33(37,38)26-13-11-20(15-27(26)34)19-45(23-12-14-28(35)29(36)18-23)32-42-41-31(51-32)22-8-6-10-25(17-22)49-24-9-5-7-21(16-24)30-39-43-44-40-30/h5-18H,3-4,19H2,1-2H3,(H,39,40,43,44). The number of tetrazole rings is 1. The van der Waals surface area contributed by atoms with Gasteiger partial charge in [0, 0.05) is 26.9 Å². The topological polar surface area (TPSA) is 128 Å². The first kappa shape index (κ1) is 37.0. The molecule has 0 radical (unpaired) electrons. The maximum absolute atomic E-state index is 15.6. The Labute approximate surface area is 313 Å². The van der Waals surface area contributed by atoms with Gasteiger partial charge in [-0.15, -0.1) is 15.3 Å². The van der Waals surface area contributed by atoms with Crippen LogP contribution in [0.2, 0.25) is 10.0 Å². The maximum atomic E-state index is 15.6. The van der Waals surface area contributed by atoms with Crippen LogP contribution < -0.4 is 9.64 Å². The molecule has 0 aliphatic rings. The number of aromatic nitrogens is 6. The lowest BCUT2D eigenvalue weighted by Crippen LogP contribution is -2.20. The second kappa shape index (κ2) is 15.8. The van der Waals surface area contributed by atoms with Crippen molar-refractivity contribution >= 4 is 68.9 Å². The highest BCUT2D eigenvalue weighted by Crippen LogP contribution is 2.67. The average molecular weight is 837 g/mol. The summed E-state index contributed by atoms with van der Waals surface area (Å²) in [6.07, 6.45) is 0. The zero-order valence-corrected chi connectivity index (χ0v) is 31.6. The summed E-state index contributed by atoms with van der Waals surface area (Å²) in [6, 6.07) is 24.1.